The predicted molar refractivity (Wildman–Crippen MR) is 134 cm³/mol. The minimum Gasteiger partial charge on any atom is -0.429 e. The van der Waals surface area contributed by atoms with Crippen molar-refractivity contribution in [2.45, 2.75) is 38.7 Å². The Hall–Kier alpha value is -3.74. The number of alkyl halides is 2. The molecule has 7 heteroatoms. The molecule has 5 rings (SSSR count). The summed E-state index contributed by atoms with van der Waals surface area (Å²) >= 11 is 0. The molecule has 0 aromatic heterocycles. The molecule has 1 nitrogen and oxygen atoms in total. The van der Waals surface area contributed by atoms with Gasteiger partial charge in [0, 0.05) is 12.1 Å². The van der Waals surface area contributed by atoms with Crippen LogP contribution in [0.1, 0.15) is 36.5 Å². The van der Waals surface area contributed by atoms with Crippen LogP contribution >= 0.6 is 0 Å². The first-order valence-electron chi connectivity index (χ1n) is 12.4. The molecule has 0 aliphatic heterocycles. The Morgan fingerprint density at radius 3 is 1.84 bits per heavy atom. The monoisotopic (exact) mass is 526 g/mol. The summed E-state index contributed by atoms with van der Waals surface area (Å²) in [4.78, 5) is 0. The van der Waals surface area contributed by atoms with Crippen LogP contribution in [0.3, 0.4) is 0 Å². The van der Waals surface area contributed by atoms with Crippen molar-refractivity contribution in [2.24, 2.45) is 5.92 Å². The fraction of sp³-hybridized carbons (Fsp3) is 0.226. The first kappa shape index (κ1) is 25.9. The molecule has 0 saturated carbocycles. The molecule has 1 unspecified atom stereocenters. The Morgan fingerprint density at radius 1 is 0.684 bits per heavy atom. The molecule has 1 aliphatic carbocycles. The lowest BCUT2D eigenvalue weighted by Crippen LogP contribution is -2.23. The zero-order chi connectivity index (χ0) is 27.0. The van der Waals surface area contributed by atoms with E-state index < -0.39 is 40.7 Å². The lowest BCUT2D eigenvalue weighted by molar-refractivity contribution is -0.187. The van der Waals surface area contributed by atoms with E-state index in [2.05, 4.69) is 29.9 Å². The molecule has 4 aromatic rings. The summed E-state index contributed by atoms with van der Waals surface area (Å²) in [6.45, 7) is 2.20. The fourth-order valence-electron chi connectivity index (χ4n) is 5.08. The maximum absolute atomic E-state index is 14.7. The molecule has 1 atom stereocenters. The maximum Gasteiger partial charge on any atom is 0.429 e. The van der Waals surface area contributed by atoms with Crippen molar-refractivity contribution in [1.29, 1.82) is 0 Å². The second-order valence-corrected chi connectivity index (χ2v) is 9.64. The standard InChI is InChI=1S/C31H24F6O/c1-2-3-18-12-21-8-9-22(14-24(21)13-18)19-4-6-20(7-5-19)23-10-11-26(27(32)15-23)31(36,37)38-25-16-28(33)30(35)29(34)17-25/h4-11,14-18H,2-3,12-13H2,1H3. The number of hydrogen-bond acceptors (Lipinski definition) is 1. The van der Waals surface area contributed by atoms with Gasteiger partial charge in [0.1, 0.15) is 11.6 Å². The third kappa shape index (κ3) is 5.15. The summed E-state index contributed by atoms with van der Waals surface area (Å²) in [5, 5.41) is 0. The number of fused-ring (bicyclic) bond motifs is 1. The Kier molecular flexibility index (Phi) is 6.95. The highest BCUT2D eigenvalue weighted by Crippen LogP contribution is 2.37. The molecule has 0 N–H and O–H groups in total. The summed E-state index contributed by atoms with van der Waals surface area (Å²) in [5.41, 5.74) is 4.71. The Morgan fingerprint density at radius 2 is 1.24 bits per heavy atom. The highest BCUT2D eigenvalue weighted by atomic mass is 19.3. The molecule has 0 saturated heterocycles. The van der Waals surface area contributed by atoms with E-state index >= 15 is 0 Å². The molecule has 0 radical (unpaired) electrons. The van der Waals surface area contributed by atoms with Crippen LogP contribution in [-0.2, 0) is 19.0 Å². The summed E-state index contributed by atoms with van der Waals surface area (Å²) in [5.74, 6) is -6.76. The number of rotatable bonds is 7. The highest BCUT2D eigenvalue weighted by Gasteiger charge is 2.38. The van der Waals surface area contributed by atoms with Gasteiger partial charge in [0.15, 0.2) is 17.5 Å². The van der Waals surface area contributed by atoms with Crippen molar-refractivity contribution in [1.82, 2.24) is 0 Å². The zero-order valence-corrected chi connectivity index (χ0v) is 20.5. The van der Waals surface area contributed by atoms with Crippen LogP contribution in [0, 0.1) is 29.2 Å². The van der Waals surface area contributed by atoms with Crippen LogP contribution < -0.4 is 4.74 Å². The molecule has 0 bridgehead atoms. The van der Waals surface area contributed by atoms with Gasteiger partial charge in [-0.1, -0.05) is 68.3 Å². The van der Waals surface area contributed by atoms with Gasteiger partial charge in [-0.15, -0.1) is 0 Å². The number of ether oxygens (including phenoxy) is 1. The average Bonchev–Trinajstić information content (AvgIpc) is 3.29. The fourth-order valence-corrected chi connectivity index (χ4v) is 5.08. The van der Waals surface area contributed by atoms with E-state index in [0.717, 1.165) is 36.1 Å². The van der Waals surface area contributed by atoms with E-state index in [1.54, 1.807) is 12.1 Å². The SMILES string of the molecule is CCCC1Cc2ccc(-c3ccc(-c4ccc(C(F)(F)Oc5cc(F)c(F)c(F)c5)c(F)c4)cc3)cc2C1. The minimum absolute atomic E-state index is 0.269. The zero-order valence-electron chi connectivity index (χ0n) is 20.5. The van der Waals surface area contributed by atoms with Gasteiger partial charge in [0.25, 0.3) is 0 Å². The molecule has 0 fully saturated rings. The number of benzene rings is 4. The summed E-state index contributed by atoms with van der Waals surface area (Å²) < 4.78 is 88.1. The smallest absolute Gasteiger partial charge is 0.429 e. The van der Waals surface area contributed by atoms with Gasteiger partial charge in [-0.2, -0.15) is 8.78 Å². The molecular weight excluding hydrogens is 502 g/mol. The van der Waals surface area contributed by atoms with Crippen LogP contribution in [0.15, 0.2) is 72.8 Å². The van der Waals surface area contributed by atoms with E-state index in [9.17, 15) is 26.3 Å². The van der Waals surface area contributed by atoms with E-state index in [4.69, 9.17) is 0 Å². The lowest BCUT2D eigenvalue weighted by atomic mass is 9.97. The first-order valence-corrected chi connectivity index (χ1v) is 12.4. The molecule has 196 valence electrons. The van der Waals surface area contributed by atoms with Crippen LogP contribution in [0.4, 0.5) is 26.3 Å². The largest absolute Gasteiger partial charge is 0.429 e. The van der Waals surface area contributed by atoms with Crippen LogP contribution in [0.25, 0.3) is 22.3 Å². The molecule has 0 heterocycles. The lowest BCUT2D eigenvalue weighted by Gasteiger charge is -2.19. The highest BCUT2D eigenvalue weighted by molar-refractivity contribution is 5.71. The normalized spacial score (nSPS) is 15.0. The third-order valence-corrected chi connectivity index (χ3v) is 6.96. The van der Waals surface area contributed by atoms with Gasteiger partial charge in [-0.3, -0.25) is 0 Å². The van der Waals surface area contributed by atoms with E-state index in [1.165, 1.54) is 30.0 Å². The molecule has 38 heavy (non-hydrogen) atoms. The second kappa shape index (κ2) is 10.2. The van der Waals surface area contributed by atoms with Crippen LogP contribution in [-0.4, -0.2) is 0 Å². The second-order valence-electron chi connectivity index (χ2n) is 9.64. The maximum atomic E-state index is 14.7. The first-order chi connectivity index (χ1) is 18.1. The topological polar surface area (TPSA) is 9.23 Å². The van der Waals surface area contributed by atoms with E-state index in [-0.39, 0.29) is 12.1 Å². The quantitative estimate of drug-likeness (QED) is 0.172. The molecular formula is C31H24F6O. The molecule has 1 aliphatic rings. The average molecular weight is 527 g/mol. The van der Waals surface area contributed by atoms with Gasteiger partial charge in [0.05, 0.1) is 5.56 Å². The summed E-state index contributed by atoms with van der Waals surface area (Å²) in [6.07, 6.45) is 0.335. The Balaban J connectivity index is 1.34. The van der Waals surface area contributed by atoms with Gasteiger partial charge < -0.3 is 4.74 Å². The Labute approximate surface area is 216 Å². The molecule has 0 spiro atoms. The predicted octanol–water partition coefficient (Wildman–Crippen LogP) is 9.22. The van der Waals surface area contributed by atoms with Crippen molar-refractivity contribution in [2.75, 3.05) is 0 Å². The molecule has 0 amide bonds. The number of halogens is 6. The van der Waals surface area contributed by atoms with Crippen molar-refractivity contribution in [3.8, 4) is 28.0 Å². The van der Waals surface area contributed by atoms with Gasteiger partial charge in [0.2, 0.25) is 0 Å². The summed E-state index contributed by atoms with van der Waals surface area (Å²) in [7, 11) is 0. The molecule has 4 aromatic carbocycles. The van der Waals surface area contributed by atoms with Crippen molar-refractivity contribution < 1.29 is 31.1 Å². The van der Waals surface area contributed by atoms with Crippen molar-refractivity contribution >= 4 is 0 Å². The minimum atomic E-state index is -4.26. The van der Waals surface area contributed by atoms with E-state index in [0.29, 0.717) is 17.0 Å². The van der Waals surface area contributed by atoms with Crippen LogP contribution in [0.5, 0.6) is 5.75 Å². The van der Waals surface area contributed by atoms with E-state index in [1.807, 2.05) is 12.1 Å². The number of hydrogen-bond donors (Lipinski definition) is 0. The van der Waals surface area contributed by atoms with Crippen molar-refractivity contribution in [3.63, 3.8) is 0 Å². The third-order valence-electron chi connectivity index (χ3n) is 6.96. The van der Waals surface area contributed by atoms with Gasteiger partial charge >= 0.3 is 6.11 Å². The Bertz CT molecular complexity index is 1460. The summed E-state index contributed by atoms with van der Waals surface area (Å²) in [6, 6.07) is 17.5. The van der Waals surface area contributed by atoms with Gasteiger partial charge in [-0.05, 0) is 64.3 Å². The van der Waals surface area contributed by atoms with Crippen molar-refractivity contribution in [3.05, 3.63) is 113 Å². The van der Waals surface area contributed by atoms with Crippen LogP contribution in [0.2, 0.25) is 0 Å². The van der Waals surface area contributed by atoms with Gasteiger partial charge in [-0.25, -0.2) is 17.6 Å².